The Balaban J connectivity index is 2.31. The summed E-state index contributed by atoms with van der Waals surface area (Å²) in [5.74, 6) is 0.417. The van der Waals surface area contributed by atoms with E-state index >= 15 is 0 Å². The first-order valence-corrected chi connectivity index (χ1v) is 7.96. The number of carboxylic acids is 1. The number of unbranched alkanes of at least 4 members (excludes halogenated alkanes) is 5. The van der Waals surface area contributed by atoms with Crippen LogP contribution in [0.1, 0.15) is 77.5 Å². The summed E-state index contributed by atoms with van der Waals surface area (Å²) in [5, 5.41) is 16.9. The molecule has 1 heterocycles. The molecule has 0 bridgehead atoms. The number of aromatic nitrogens is 2. The van der Waals surface area contributed by atoms with Crippen molar-refractivity contribution in [2.75, 3.05) is 0 Å². The molecule has 0 saturated carbocycles. The summed E-state index contributed by atoms with van der Waals surface area (Å²) in [5.41, 5.74) is -0.365. The van der Waals surface area contributed by atoms with Gasteiger partial charge in [-0.2, -0.15) is 0 Å². The van der Waals surface area contributed by atoms with Crippen molar-refractivity contribution >= 4 is 5.97 Å². The molecule has 1 rings (SSSR count). The molecule has 0 atom stereocenters. The summed E-state index contributed by atoms with van der Waals surface area (Å²) in [6, 6.07) is 0. The number of hydrogen-bond acceptors (Lipinski definition) is 4. The summed E-state index contributed by atoms with van der Waals surface area (Å²) in [4.78, 5) is 10.8. The molecular formula is C16H28N2O3. The third kappa shape index (κ3) is 7.83. The molecule has 0 unspecified atom stereocenters. The molecule has 0 aromatic carbocycles. The highest BCUT2D eigenvalue weighted by Crippen LogP contribution is 2.25. The van der Waals surface area contributed by atoms with Crippen LogP contribution in [0.15, 0.2) is 4.42 Å². The lowest BCUT2D eigenvalue weighted by molar-refractivity contribution is -0.139. The lowest BCUT2D eigenvalue weighted by Gasteiger charge is -2.19. The van der Waals surface area contributed by atoms with Crippen LogP contribution in [0, 0.1) is 5.41 Å². The molecule has 0 amide bonds. The van der Waals surface area contributed by atoms with Crippen molar-refractivity contribution in [1.82, 2.24) is 10.2 Å². The Hall–Kier alpha value is -1.39. The summed E-state index contributed by atoms with van der Waals surface area (Å²) in [7, 11) is 0. The van der Waals surface area contributed by atoms with Gasteiger partial charge in [-0.05, 0) is 11.8 Å². The highest BCUT2D eigenvalue weighted by molar-refractivity contribution is 5.67. The molecule has 5 nitrogen and oxygen atoms in total. The van der Waals surface area contributed by atoms with Crippen molar-refractivity contribution in [1.29, 1.82) is 0 Å². The quantitative estimate of drug-likeness (QED) is 0.624. The van der Waals surface area contributed by atoms with E-state index in [2.05, 4.69) is 17.1 Å². The van der Waals surface area contributed by atoms with Gasteiger partial charge in [-0.25, -0.2) is 0 Å². The van der Waals surface area contributed by atoms with E-state index in [0.29, 0.717) is 18.2 Å². The van der Waals surface area contributed by atoms with Gasteiger partial charge < -0.3 is 9.52 Å². The van der Waals surface area contributed by atoms with Crippen molar-refractivity contribution in [2.24, 2.45) is 5.41 Å². The topological polar surface area (TPSA) is 76.2 Å². The van der Waals surface area contributed by atoms with Crippen molar-refractivity contribution in [2.45, 2.75) is 78.6 Å². The van der Waals surface area contributed by atoms with E-state index in [1.54, 1.807) is 0 Å². The molecular weight excluding hydrogens is 268 g/mol. The molecule has 1 aromatic rings. The van der Waals surface area contributed by atoms with Crippen LogP contribution in [-0.4, -0.2) is 21.3 Å². The van der Waals surface area contributed by atoms with Crippen molar-refractivity contribution in [3.05, 3.63) is 11.8 Å². The van der Waals surface area contributed by atoms with Crippen molar-refractivity contribution < 1.29 is 14.3 Å². The van der Waals surface area contributed by atoms with Gasteiger partial charge >= 0.3 is 5.97 Å². The maximum absolute atomic E-state index is 10.8. The number of carboxylic acid groups (broad SMARTS) is 1. The van der Waals surface area contributed by atoms with Gasteiger partial charge in [-0.3, -0.25) is 4.79 Å². The Morgan fingerprint density at radius 3 is 2.38 bits per heavy atom. The predicted octanol–water partition coefficient (Wildman–Crippen LogP) is 4.02. The summed E-state index contributed by atoms with van der Waals surface area (Å²) in [6.07, 6.45) is 8.83. The number of aryl methyl sites for hydroxylation is 1. The van der Waals surface area contributed by atoms with Crippen LogP contribution in [0.5, 0.6) is 0 Å². The molecule has 1 aromatic heterocycles. The van der Waals surface area contributed by atoms with E-state index in [1.807, 2.05) is 13.8 Å². The van der Waals surface area contributed by atoms with Crippen LogP contribution < -0.4 is 0 Å². The molecule has 21 heavy (non-hydrogen) atoms. The molecule has 0 aliphatic carbocycles. The average molecular weight is 296 g/mol. The lowest BCUT2D eigenvalue weighted by Crippen LogP contribution is -2.19. The third-order valence-electron chi connectivity index (χ3n) is 3.51. The fourth-order valence-corrected chi connectivity index (χ4v) is 2.40. The SMILES string of the molecule is CCCCCCCCc1nnc(CC(C)(C)CC(=O)O)o1. The second-order valence-corrected chi connectivity index (χ2v) is 6.52. The Morgan fingerprint density at radius 2 is 1.71 bits per heavy atom. The van der Waals surface area contributed by atoms with Crippen molar-refractivity contribution in [3.63, 3.8) is 0 Å². The molecule has 0 aliphatic rings. The van der Waals surface area contributed by atoms with Crippen molar-refractivity contribution in [3.8, 4) is 0 Å². The van der Waals surface area contributed by atoms with E-state index in [0.717, 1.165) is 12.8 Å². The first-order chi connectivity index (χ1) is 9.93. The molecule has 0 fully saturated rings. The van der Waals surface area contributed by atoms with Crippen LogP contribution in [0.25, 0.3) is 0 Å². The monoisotopic (exact) mass is 296 g/mol. The fraction of sp³-hybridized carbons (Fsp3) is 0.812. The normalized spacial score (nSPS) is 11.8. The minimum Gasteiger partial charge on any atom is -0.481 e. The summed E-state index contributed by atoms with van der Waals surface area (Å²) >= 11 is 0. The van der Waals surface area contributed by atoms with Gasteiger partial charge in [0.25, 0.3) is 0 Å². The van der Waals surface area contributed by atoms with Crippen LogP contribution in [0.3, 0.4) is 0 Å². The standard InChI is InChI=1S/C16H28N2O3/c1-4-5-6-7-8-9-10-13-17-18-14(21-13)11-16(2,3)12-15(19)20/h4-12H2,1-3H3,(H,19,20). The molecule has 0 saturated heterocycles. The number of rotatable bonds is 11. The van der Waals surface area contributed by atoms with Crippen LogP contribution >= 0.6 is 0 Å². The van der Waals surface area contributed by atoms with Crippen LogP contribution in [0.2, 0.25) is 0 Å². The van der Waals surface area contributed by atoms with Crippen LogP contribution in [-0.2, 0) is 17.6 Å². The van der Waals surface area contributed by atoms with Gasteiger partial charge in [-0.1, -0.05) is 52.9 Å². The van der Waals surface area contributed by atoms with Gasteiger partial charge in [0.05, 0.1) is 6.42 Å². The highest BCUT2D eigenvalue weighted by Gasteiger charge is 2.25. The lowest BCUT2D eigenvalue weighted by atomic mass is 9.86. The number of hydrogen-bond donors (Lipinski definition) is 1. The Kier molecular flexibility index (Phi) is 7.40. The molecule has 5 heteroatoms. The molecule has 120 valence electrons. The number of aliphatic carboxylic acids is 1. The summed E-state index contributed by atoms with van der Waals surface area (Å²) < 4.78 is 5.61. The zero-order chi connectivity index (χ0) is 15.7. The largest absolute Gasteiger partial charge is 0.481 e. The first-order valence-electron chi connectivity index (χ1n) is 7.96. The zero-order valence-corrected chi connectivity index (χ0v) is 13.5. The summed E-state index contributed by atoms with van der Waals surface area (Å²) in [6.45, 7) is 6.02. The van der Waals surface area contributed by atoms with Gasteiger partial charge in [0.1, 0.15) is 0 Å². The smallest absolute Gasteiger partial charge is 0.303 e. The van der Waals surface area contributed by atoms with Gasteiger partial charge in [0.15, 0.2) is 0 Å². The minimum atomic E-state index is -0.799. The average Bonchev–Trinajstić information content (AvgIpc) is 2.78. The van der Waals surface area contributed by atoms with Gasteiger partial charge in [0, 0.05) is 12.8 Å². The van der Waals surface area contributed by atoms with E-state index in [-0.39, 0.29) is 11.8 Å². The van der Waals surface area contributed by atoms with E-state index in [9.17, 15) is 4.79 Å². The number of nitrogens with zero attached hydrogens (tertiary/aromatic N) is 2. The molecule has 0 aliphatic heterocycles. The predicted molar refractivity (Wildman–Crippen MR) is 81.1 cm³/mol. The molecule has 0 radical (unpaired) electrons. The zero-order valence-electron chi connectivity index (χ0n) is 13.5. The molecule has 0 spiro atoms. The third-order valence-corrected chi connectivity index (χ3v) is 3.51. The second-order valence-electron chi connectivity index (χ2n) is 6.52. The minimum absolute atomic E-state index is 0.0993. The first kappa shape index (κ1) is 17.7. The maximum atomic E-state index is 10.8. The van der Waals surface area contributed by atoms with Gasteiger partial charge in [0.2, 0.25) is 11.8 Å². The van der Waals surface area contributed by atoms with Gasteiger partial charge in [-0.15, -0.1) is 10.2 Å². The van der Waals surface area contributed by atoms with E-state index in [4.69, 9.17) is 9.52 Å². The Labute approximate surface area is 127 Å². The highest BCUT2D eigenvalue weighted by atomic mass is 16.4. The van der Waals surface area contributed by atoms with E-state index < -0.39 is 5.97 Å². The van der Waals surface area contributed by atoms with E-state index in [1.165, 1.54) is 32.1 Å². The second kappa shape index (κ2) is 8.80. The fourth-order valence-electron chi connectivity index (χ4n) is 2.40. The maximum Gasteiger partial charge on any atom is 0.303 e. The van der Waals surface area contributed by atoms with Crippen LogP contribution in [0.4, 0.5) is 0 Å². The number of carbonyl (C=O) groups is 1. The molecule has 1 N–H and O–H groups in total. The Bertz CT molecular complexity index is 427. The Morgan fingerprint density at radius 1 is 1.10 bits per heavy atom.